The standard InChI is InChI=1S/C15H21N3OS/c1-18(7-8-19)10-12-3-2-4-13(9-12)15-17-14(5-6-16)11-20-15/h2-4,9,11,19H,5-8,10,16H2,1H3. The molecule has 0 aliphatic rings. The van der Waals surface area contributed by atoms with Gasteiger partial charge in [0.05, 0.1) is 12.3 Å². The number of benzene rings is 1. The molecule has 2 rings (SSSR count). The van der Waals surface area contributed by atoms with E-state index in [2.05, 4.69) is 39.5 Å². The molecule has 0 fully saturated rings. The Hall–Kier alpha value is -1.27. The molecule has 0 saturated heterocycles. The van der Waals surface area contributed by atoms with Crippen LogP contribution in [-0.2, 0) is 13.0 Å². The molecular weight excluding hydrogens is 270 g/mol. The summed E-state index contributed by atoms with van der Waals surface area (Å²) in [6.45, 7) is 2.33. The molecule has 0 saturated carbocycles. The van der Waals surface area contributed by atoms with Crippen molar-refractivity contribution in [3.05, 3.63) is 40.9 Å². The molecule has 0 aliphatic heterocycles. The number of hydrogen-bond acceptors (Lipinski definition) is 5. The Kier molecular flexibility index (Phi) is 5.67. The number of likely N-dealkylation sites (N-methyl/N-ethyl adjacent to an activating group) is 1. The molecule has 0 unspecified atom stereocenters. The van der Waals surface area contributed by atoms with Crippen molar-refractivity contribution >= 4 is 11.3 Å². The van der Waals surface area contributed by atoms with E-state index >= 15 is 0 Å². The number of nitrogens with two attached hydrogens (primary N) is 1. The molecule has 1 aromatic carbocycles. The number of hydrogen-bond donors (Lipinski definition) is 2. The molecular formula is C15H21N3OS. The molecule has 20 heavy (non-hydrogen) atoms. The van der Waals surface area contributed by atoms with Gasteiger partial charge in [0, 0.05) is 30.5 Å². The molecule has 1 heterocycles. The SMILES string of the molecule is CN(CCO)Cc1cccc(-c2nc(CCN)cs2)c1. The van der Waals surface area contributed by atoms with Crippen LogP contribution in [0.5, 0.6) is 0 Å². The zero-order valence-corrected chi connectivity index (χ0v) is 12.6. The lowest BCUT2D eigenvalue weighted by Crippen LogP contribution is -2.21. The van der Waals surface area contributed by atoms with E-state index in [1.54, 1.807) is 11.3 Å². The van der Waals surface area contributed by atoms with Crippen molar-refractivity contribution < 1.29 is 5.11 Å². The average Bonchev–Trinajstić information content (AvgIpc) is 2.88. The largest absolute Gasteiger partial charge is 0.395 e. The van der Waals surface area contributed by atoms with Gasteiger partial charge in [0.15, 0.2) is 0 Å². The maximum atomic E-state index is 8.94. The summed E-state index contributed by atoms with van der Waals surface area (Å²) in [5.74, 6) is 0. The van der Waals surface area contributed by atoms with Crippen LogP contribution in [0.2, 0.25) is 0 Å². The van der Waals surface area contributed by atoms with Gasteiger partial charge < -0.3 is 10.8 Å². The van der Waals surface area contributed by atoms with Gasteiger partial charge >= 0.3 is 0 Å². The molecule has 4 nitrogen and oxygen atoms in total. The molecule has 0 bridgehead atoms. The zero-order valence-electron chi connectivity index (χ0n) is 11.7. The second-order valence-corrected chi connectivity index (χ2v) is 5.70. The van der Waals surface area contributed by atoms with Crippen LogP contribution in [0.15, 0.2) is 29.6 Å². The zero-order chi connectivity index (χ0) is 14.4. The van der Waals surface area contributed by atoms with E-state index in [0.29, 0.717) is 13.1 Å². The van der Waals surface area contributed by atoms with E-state index in [0.717, 1.165) is 29.2 Å². The van der Waals surface area contributed by atoms with Gasteiger partial charge in [0.1, 0.15) is 5.01 Å². The summed E-state index contributed by atoms with van der Waals surface area (Å²) in [5.41, 5.74) is 9.00. The summed E-state index contributed by atoms with van der Waals surface area (Å²) in [6, 6.07) is 8.41. The lowest BCUT2D eigenvalue weighted by Gasteiger charge is -2.15. The van der Waals surface area contributed by atoms with Crippen molar-refractivity contribution in [2.75, 3.05) is 26.7 Å². The molecule has 3 N–H and O–H groups in total. The van der Waals surface area contributed by atoms with Crippen molar-refractivity contribution in [2.45, 2.75) is 13.0 Å². The number of aromatic nitrogens is 1. The highest BCUT2D eigenvalue weighted by molar-refractivity contribution is 7.13. The second kappa shape index (κ2) is 7.50. The van der Waals surface area contributed by atoms with Crippen LogP contribution in [0.25, 0.3) is 10.6 Å². The van der Waals surface area contributed by atoms with Crippen molar-refractivity contribution in [3.8, 4) is 10.6 Å². The minimum absolute atomic E-state index is 0.186. The number of nitrogens with zero attached hydrogens (tertiary/aromatic N) is 2. The molecule has 5 heteroatoms. The molecule has 0 radical (unpaired) electrons. The van der Waals surface area contributed by atoms with Gasteiger partial charge in [-0.15, -0.1) is 11.3 Å². The van der Waals surface area contributed by atoms with Crippen molar-refractivity contribution in [2.24, 2.45) is 5.73 Å². The van der Waals surface area contributed by atoms with E-state index in [1.807, 2.05) is 7.05 Å². The number of thiazole rings is 1. The highest BCUT2D eigenvalue weighted by Crippen LogP contribution is 2.25. The summed E-state index contributed by atoms with van der Waals surface area (Å²) in [7, 11) is 2.01. The van der Waals surface area contributed by atoms with Crippen molar-refractivity contribution in [3.63, 3.8) is 0 Å². The van der Waals surface area contributed by atoms with E-state index in [4.69, 9.17) is 10.8 Å². The molecule has 2 aromatic rings. The molecule has 1 aromatic heterocycles. The lowest BCUT2D eigenvalue weighted by molar-refractivity contribution is 0.217. The van der Waals surface area contributed by atoms with Crippen molar-refractivity contribution in [1.29, 1.82) is 0 Å². The second-order valence-electron chi connectivity index (χ2n) is 4.84. The van der Waals surface area contributed by atoms with Gasteiger partial charge in [-0.1, -0.05) is 18.2 Å². The number of aliphatic hydroxyl groups excluding tert-OH is 1. The van der Waals surface area contributed by atoms with Crippen LogP contribution in [0.3, 0.4) is 0 Å². The third kappa shape index (κ3) is 4.11. The Morgan fingerprint density at radius 1 is 1.40 bits per heavy atom. The maximum absolute atomic E-state index is 8.94. The Bertz CT molecular complexity index is 541. The third-order valence-electron chi connectivity index (χ3n) is 3.06. The smallest absolute Gasteiger partial charge is 0.123 e. The fraction of sp³-hybridized carbons (Fsp3) is 0.400. The Morgan fingerprint density at radius 2 is 2.25 bits per heavy atom. The predicted molar refractivity (Wildman–Crippen MR) is 83.7 cm³/mol. The first-order valence-corrected chi connectivity index (χ1v) is 7.64. The minimum atomic E-state index is 0.186. The molecule has 0 aliphatic carbocycles. The maximum Gasteiger partial charge on any atom is 0.123 e. The number of aliphatic hydroxyl groups is 1. The Labute approximate surface area is 123 Å². The normalized spacial score (nSPS) is 11.2. The van der Waals surface area contributed by atoms with Crippen LogP contribution >= 0.6 is 11.3 Å². The van der Waals surface area contributed by atoms with Gasteiger partial charge in [-0.2, -0.15) is 0 Å². The van der Waals surface area contributed by atoms with Gasteiger partial charge in [-0.3, -0.25) is 4.90 Å². The summed E-state index contributed by atoms with van der Waals surface area (Å²) in [4.78, 5) is 6.71. The highest BCUT2D eigenvalue weighted by atomic mass is 32.1. The summed E-state index contributed by atoms with van der Waals surface area (Å²) in [5, 5.41) is 12.1. The fourth-order valence-corrected chi connectivity index (χ4v) is 2.92. The summed E-state index contributed by atoms with van der Waals surface area (Å²) in [6.07, 6.45) is 0.829. The minimum Gasteiger partial charge on any atom is -0.395 e. The van der Waals surface area contributed by atoms with Crippen LogP contribution in [0, 0.1) is 0 Å². The van der Waals surface area contributed by atoms with E-state index < -0.39 is 0 Å². The van der Waals surface area contributed by atoms with Crippen LogP contribution in [-0.4, -0.2) is 41.7 Å². The lowest BCUT2D eigenvalue weighted by atomic mass is 10.1. The van der Waals surface area contributed by atoms with Gasteiger partial charge in [-0.05, 0) is 25.2 Å². The van der Waals surface area contributed by atoms with E-state index in [1.165, 1.54) is 5.56 Å². The Balaban J connectivity index is 2.11. The average molecular weight is 291 g/mol. The molecule has 0 spiro atoms. The first-order valence-electron chi connectivity index (χ1n) is 6.76. The first-order chi connectivity index (χ1) is 9.72. The monoisotopic (exact) mass is 291 g/mol. The third-order valence-corrected chi connectivity index (χ3v) is 4.00. The van der Waals surface area contributed by atoms with Crippen LogP contribution < -0.4 is 5.73 Å². The predicted octanol–water partition coefficient (Wildman–Crippen LogP) is 1.74. The highest BCUT2D eigenvalue weighted by Gasteiger charge is 2.06. The molecule has 108 valence electrons. The summed E-state index contributed by atoms with van der Waals surface area (Å²) < 4.78 is 0. The van der Waals surface area contributed by atoms with Gasteiger partial charge in [0.2, 0.25) is 0 Å². The van der Waals surface area contributed by atoms with Crippen LogP contribution in [0.1, 0.15) is 11.3 Å². The molecule has 0 amide bonds. The molecule has 0 atom stereocenters. The van der Waals surface area contributed by atoms with Gasteiger partial charge in [-0.25, -0.2) is 4.98 Å². The topological polar surface area (TPSA) is 62.4 Å². The fourth-order valence-electron chi connectivity index (χ4n) is 2.07. The van der Waals surface area contributed by atoms with Gasteiger partial charge in [0.25, 0.3) is 0 Å². The van der Waals surface area contributed by atoms with E-state index in [9.17, 15) is 0 Å². The first kappa shape index (κ1) is 15.1. The number of rotatable bonds is 7. The quantitative estimate of drug-likeness (QED) is 0.815. The summed E-state index contributed by atoms with van der Waals surface area (Å²) >= 11 is 1.66. The Morgan fingerprint density at radius 3 is 3.00 bits per heavy atom. The van der Waals surface area contributed by atoms with E-state index in [-0.39, 0.29) is 6.61 Å². The van der Waals surface area contributed by atoms with Crippen LogP contribution in [0.4, 0.5) is 0 Å². The van der Waals surface area contributed by atoms with Crippen molar-refractivity contribution in [1.82, 2.24) is 9.88 Å².